The number of H-pyrrole nitrogens is 1. The summed E-state index contributed by atoms with van der Waals surface area (Å²) in [7, 11) is 0. The summed E-state index contributed by atoms with van der Waals surface area (Å²) in [5, 5.41) is 1.18. The zero-order chi connectivity index (χ0) is 10.8. The molecule has 2 nitrogen and oxygen atoms in total. The fourth-order valence-corrected chi connectivity index (χ4v) is 2.16. The highest BCUT2D eigenvalue weighted by molar-refractivity contribution is 9.10. The van der Waals surface area contributed by atoms with Gasteiger partial charge in [-0.15, -0.1) is 0 Å². The van der Waals surface area contributed by atoms with Crippen LogP contribution in [-0.2, 0) is 4.79 Å². The minimum Gasteiger partial charge on any atom is -0.360 e. The van der Waals surface area contributed by atoms with Gasteiger partial charge in [-0.3, -0.25) is 0 Å². The molecule has 1 heterocycles. The highest BCUT2D eigenvalue weighted by Crippen LogP contribution is 2.27. The molecule has 0 radical (unpaired) electrons. The number of hydrogen-bond acceptors (Lipinski definition) is 1. The van der Waals surface area contributed by atoms with Gasteiger partial charge in [0, 0.05) is 28.0 Å². The van der Waals surface area contributed by atoms with Crippen LogP contribution < -0.4 is 0 Å². The highest BCUT2D eigenvalue weighted by atomic mass is 79.9. The van der Waals surface area contributed by atoms with Crippen LogP contribution in [0.1, 0.15) is 24.8 Å². The fraction of sp³-hybridized carbons (Fsp3) is 0.250. The topological polar surface area (TPSA) is 32.9 Å². The van der Waals surface area contributed by atoms with E-state index in [1.54, 1.807) is 0 Å². The van der Waals surface area contributed by atoms with Crippen molar-refractivity contribution in [2.75, 3.05) is 0 Å². The molecule has 1 aromatic heterocycles. The Hall–Kier alpha value is -1.09. The van der Waals surface area contributed by atoms with Crippen LogP contribution in [0.25, 0.3) is 10.9 Å². The smallest absolute Gasteiger partial charge is 0.120 e. The molecule has 0 aliphatic rings. The van der Waals surface area contributed by atoms with Gasteiger partial charge in [0.05, 0.1) is 0 Å². The number of aromatic amines is 1. The van der Waals surface area contributed by atoms with Crippen molar-refractivity contribution >= 4 is 33.1 Å². The number of carbonyl (C=O) groups is 1. The van der Waals surface area contributed by atoms with Gasteiger partial charge in [0.2, 0.25) is 0 Å². The van der Waals surface area contributed by atoms with Crippen LogP contribution in [0.4, 0.5) is 0 Å². The average molecular weight is 266 g/mol. The molecular weight excluding hydrogens is 254 g/mol. The molecule has 1 atom stereocenters. The number of carbonyl (C=O) groups excluding carboxylic acids is 1. The Balaban J connectivity index is 2.42. The SMILES string of the molecule is CC(CC=O)c1ccc2c(Br)c[nH]c2c1. The molecule has 1 unspecified atom stereocenters. The number of nitrogens with one attached hydrogen (secondary N) is 1. The molecule has 0 amide bonds. The number of aldehydes is 1. The second-order valence-corrected chi connectivity index (χ2v) is 4.60. The van der Waals surface area contributed by atoms with Gasteiger partial charge in [-0.1, -0.05) is 19.1 Å². The molecule has 0 saturated carbocycles. The van der Waals surface area contributed by atoms with E-state index in [2.05, 4.69) is 46.0 Å². The molecule has 1 N–H and O–H groups in total. The van der Waals surface area contributed by atoms with E-state index in [-0.39, 0.29) is 5.92 Å². The molecule has 1 aromatic carbocycles. The molecule has 78 valence electrons. The van der Waals surface area contributed by atoms with Gasteiger partial charge in [0.15, 0.2) is 0 Å². The Morgan fingerprint density at radius 1 is 1.53 bits per heavy atom. The molecule has 0 saturated heterocycles. The number of aromatic nitrogens is 1. The second-order valence-electron chi connectivity index (χ2n) is 3.75. The van der Waals surface area contributed by atoms with Gasteiger partial charge in [-0.2, -0.15) is 0 Å². The predicted octanol–water partition coefficient (Wildman–Crippen LogP) is 3.62. The molecular formula is C12H12BrNO. The first-order valence-corrected chi connectivity index (χ1v) is 5.72. The van der Waals surface area contributed by atoms with Crippen LogP contribution in [0.15, 0.2) is 28.9 Å². The summed E-state index contributed by atoms with van der Waals surface area (Å²) in [6.07, 6.45) is 3.48. The molecule has 3 heteroatoms. The first-order valence-electron chi connectivity index (χ1n) is 4.92. The zero-order valence-corrected chi connectivity index (χ0v) is 10.0. The summed E-state index contributed by atoms with van der Waals surface area (Å²) < 4.78 is 1.08. The third-order valence-corrected chi connectivity index (χ3v) is 3.33. The van der Waals surface area contributed by atoms with E-state index in [1.165, 1.54) is 10.9 Å². The van der Waals surface area contributed by atoms with E-state index in [9.17, 15) is 4.79 Å². The molecule has 0 aliphatic heterocycles. The lowest BCUT2D eigenvalue weighted by atomic mass is 9.98. The van der Waals surface area contributed by atoms with Crippen LogP contribution in [-0.4, -0.2) is 11.3 Å². The molecule has 2 aromatic rings. The predicted molar refractivity (Wildman–Crippen MR) is 65.1 cm³/mol. The van der Waals surface area contributed by atoms with Crippen molar-refractivity contribution < 1.29 is 4.79 Å². The lowest BCUT2D eigenvalue weighted by Gasteiger charge is -2.07. The summed E-state index contributed by atoms with van der Waals surface area (Å²) >= 11 is 3.47. The summed E-state index contributed by atoms with van der Waals surface area (Å²) in [5.41, 5.74) is 2.31. The van der Waals surface area contributed by atoms with E-state index in [1.807, 2.05) is 6.20 Å². The maximum absolute atomic E-state index is 10.4. The normalized spacial score (nSPS) is 12.9. The summed E-state index contributed by atoms with van der Waals surface area (Å²) in [6.45, 7) is 2.06. The van der Waals surface area contributed by atoms with Crippen LogP contribution >= 0.6 is 15.9 Å². The van der Waals surface area contributed by atoms with E-state index >= 15 is 0 Å². The van der Waals surface area contributed by atoms with Crippen LogP contribution in [0.2, 0.25) is 0 Å². The van der Waals surface area contributed by atoms with Gasteiger partial charge in [0.25, 0.3) is 0 Å². The lowest BCUT2D eigenvalue weighted by molar-refractivity contribution is -0.108. The first kappa shape index (κ1) is 10.4. The Morgan fingerprint density at radius 3 is 3.07 bits per heavy atom. The molecule has 0 bridgehead atoms. The van der Waals surface area contributed by atoms with Gasteiger partial charge >= 0.3 is 0 Å². The van der Waals surface area contributed by atoms with Gasteiger partial charge < -0.3 is 9.78 Å². The van der Waals surface area contributed by atoms with Crippen molar-refractivity contribution in [3.05, 3.63) is 34.4 Å². The van der Waals surface area contributed by atoms with E-state index in [0.29, 0.717) is 6.42 Å². The Morgan fingerprint density at radius 2 is 2.33 bits per heavy atom. The summed E-state index contributed by atoms with van der Waals surface area (Å²) in [6, 6.07) is 6.26. The van der Waals surface area contributed by atoms with Gasteiger partial charge in [0.1, 0.15) is 6.29 Å². The highest BCUT2D eigenvalue weighted by Gasteiger charge is 2.07. The third-order valence-electron chi connectivity index (χ3n) is 2.67. The largest absolute Gasteiger partial charge is 0.360 e. The first-order chi connectivity index (χ1) is 7.22. The average Bonchev–Trinajstić information content (AvgIpc) is 2.60. The minimum absolute atomic E-state index is 0.286. The van der Waals surface area contributed by atoms with Crippen molar-refractivity contribution in [3.8, 4) is 0 Å². The molecule has 15 heavy (non-hydrogen) atoms. The van der Waals surface area contributed by atoms with E-state index in [4.69, 9.17) is 0 Å². The van der Waals surface area contributed by atoms with Crippen LogP contribution in [0.3, 0.4) is 0 Å². The zero-order valence-electron chi connectivity index (χ0n) is 8.46. The van der Waals surface area contributed by atoms with Crippen molar-refractivity contribution in [1.29, 1.82) is 0 Å². The Kier molecular flexibility index (Phi) is 2.91. The van der Waals surface area contributed by atoms with Crippen LogP contribution in [0.5, 0.6) is 0 Å². The summed E-state index contributed by atoms with van der Waals surface area (Å²) in [5.74, 6) is 0.286. The number of benzene rings is 1. The van der Waals surface area contributed by atoms with Crippen LogP contribution in [0, 0.1) is 0 Å². The molecule has 0 spiro atoms. The third kappa shape index (κ3) is 1.97. The summed E-state index contributed by atoms with van der Waals surface area (Å²) in [4.78, 5) is 13.6. The number of rotatable bonds is 3. The Labute approximate surface area is 96.8 Å². The lowest BCUT2D eigenvalue weighted by Crippen LogP contribution is -1.93. The van der Waals surface area contributed by atoms with E-state index < -0.39 is 0 Å². The standard InChI is InChI=1S/C12H12BrNO/c1-8(4-5-15)9-2-3-10-11(13)7-14-12(10)6-9/h2-3,5-8,14H,4H2,1H3. The Bertz CT molecular complexity index is 489. The van der Waals surface area contributed by atoms with Crippen molar-refractivity contribution in [2.45, 2.75) is 19.3 Å². The van der Waals surface area contributed by atoms with Gasteiger partial charge in [-0.25, -0.2) is 0 Å². The maximum Gasteiger partial charge on any atom is 0.120 e. The number of hydrogen-bond donors (Lipinski definition) is 1. The molecule has 2 rings (SSSR count). The van der Waals surface area contributed by atoms with Crippen molar-refractivity contribution in [3.63, 3.8) is 0 Å². The number of fused-ring (bicyclic) bond motifs is 1. The van der Waals surface area contributed by atoms with Crippen molar-refractivity contribution in [1.82, 2.24) is 4.98 Å². The number of halogens is 1. The molecule has 0 fully saturated rings. The van der Waals surface area contributed by atoms with Gasteiger partial charge in [-0.05, 0) is 33.5 Å². The van der Waals surface area contributed by atoms with E-state index in [0.717, 1.165) is 16.3 Å². The minimum atomic E-state index is 0.286. The monoisotopic (exact) mass is 265 g/mol. The molecule has 0 aliphatic carbocycles. The van der Waals surface area contributed by atoms with Crippen molar-refractivity contribution in [2.24, 2.45) is 0 Å². The fourth-order valence-electron chi connectivity index (χ4n) is 1.70. The quantitative estimate of drug-likeness (QED) is 0.845. The second kappa shape index (κ2) is 4.19. The maximum atomic E-state index is 10.4.